The van der Waals surface area contributed by atoms with Crippen molar-refractivity contribution in [2.75, 3.05) is 26.2 Å². The molecule has 2 aromatic heterocycles. The van der Waals surface area contributed by atoms with E-state index in [9.17, 15) is 72.9 Å². The van der Waals surface area contributed by atoms with Crippen LogP contribution >= 0.6 is 0 Å². The topological polar surface area (TPSA) is 625 Å². The first-order valence-corrected chi connectivity index (χ1v) is 43.5. The molecule has 0 saturated carbocycles. The van der Waals surface area contributed by atoms with Gasteiger partial charge >= 0.3 is 0 Å². The van der Waals surface area contributed by atoms with Crippen LogP contribution in [-0.4, -0.2) is 241 Å². The Kier molecular flexibility index (Phi) is 44.2. The maximum Gasteiger partial charge on any atom is 0.245 e. The summed E-state index contributed by atoms with van der Waals surface area (Å²) in [4.78, 5) is 228. The number of carbonyl (C=O) groups is 15. The number of nitrogens with zero attached hydrogens (tertiary/aromatic N) is 3. The molecule has 4 aromatic rings. The highest BCUT2D eigenvalue weighted by atomic mass is 16.3. The maximum atomic E-state index is 15.4. The molecular weight excluding hydrogens is 1600 g/mol. The first kappa shape index (κ1) is 101. The number of hydrogen-bond donors (Lipinski definition) is 21. The minimum atomic E-state index is -1.93. The number of unbranched alkanes of at least 4 members (excludes halogenated alkanes) is 13. The molecule has 25 N–H and O–H groups in total. The average molecular weight is 1740 g/mol. The molecule has 0 aliphatic carbocycles. The van der Waals surface area contributed by atoms with Crippen LogP contribution in [0.15, 0.2) is 78.3 Å². The van der Waals surface area contributed by atoms with Crippen molar-refractivity contribution in [1.82, 2.24) is 83.7 Å². The summed E-state index contributed by atoms with van der Waals surface area (Å²) in [6, 6.07) is -1.98. The van der Waals surface area contributed by atoms with Crippen molar-refractivity contribution in [2.24, 2.45) is 27.9 Å². The number of H-pyrrole nitrogens is 2. The van der Waals surface area contributed by atoms with Gasteiger partial charge in [-0.25, -0.2) is 4.98 Å². The fourth-order valence-electron chi connectivity index (χ4n) is 14.7. The molecule has 2 aromatic carbocycles. The summed E-state index contributed by atoms with van der Waals surface area (Å²) < 4.78 is 0. The largest absolute Gasteiger partial charge is 0.391 e. The van der Waals surface area contributed by atoms with Crippen LogP contribution in [0.2, 0.25) is 0 Å². The molecule has 14 atom stereocenters. The Morgan fingerprint density at radius 3 is 1.80 bits per heavy atom. The van der Waals surface area contributed by atoms with Crippen LogP contribution in [-0.2, 0) is 91.2 Å². The van der Waals surface area contributed by atoms with Gasteiger partial charge in [0, 0.05) is 93.6 Å². The number of nitrogens with two attached hydrogens (primary N) is 4. The number of aliphatic hydroxyl groups is 3. The molecule has 4 heterocycles. The predicted octanol–water partition coefficient (Wildman–Crippen LogP) is -0.837. The molecule has 2 saturated heterocycles. The summed E-state index contributed by atoms with van der Waals surface area (Å²) in [5, 5.41) is 65.3. The van der Waals surface area contributed by atoms with Gasteiger partial charge in [0.25, 0.3) is 0 Å². The van der Waals surface area contributed by atoms with Crippen molar-refractivity contribution >= 4 is 105 Å². The van der Waals surface area contributed by atoms with E-state index in [-0.39, 0.29) is 89.0 Å². The van der Waals surface area contributed by atoms with Gasteiger partial charge in [-0.1, -0.05) is 152 Å². The number of para-hydroxylation sites is 1. The first-order chi connectivity index (χ1) is 59.3. The van der Waals surface area contributed by atoms with Crippen LogP contribution in [0.3, 0.4) is 0 Å². The third-order valence-electron chi connectivity index (χ3n) is 21.8. The number of aromatic amines is 2. The number of imidazole rings is 1. The Balaban J connectivity index is 1.21. The van der Waals surface area contributed by atoms with Crippen LogP contribution in [0.4, 0.5) is 0 Å². The molecule has 0 spiro atoms. The highest BCUT2D eigenvalue weighted by Gasteiger charge is 2.44. The van der Waals surface area contributed by atoms with Gasteiger partial charge in [-0.2, -0.15) is 0 Å². The van der Waals surface area contributed by atoms with Crippen molar-refractivity contribution in [1.29, 1.82) is 0 Å². The van der Waals surface area contributed by atoms with E-state index in [4.69, 9.17) is 22.9 Å². The number of aliphatic hydroxyl groups excluding tert-OH is 3. The van der Waals surface area contributed by atoms with E-state index in [1.807, 2.05) is 12.1 Å². The number of fused-ring (bicyclic) bond motifs is 2. The summed E-state index contributed by atoms with van der Waals surface area (Å²) in [6.07, 6.45) is 11.9. The van der Waals surface area contributed by atoms with E-state index in [0.717, 1.165) is 48.4 Å². The monoisotopic (exact) mass is 1730 g/mol. The molecular formula is C85H131N21O18. The summed E-state index contributed by atoms with van der Waals surface area (Å²) in [5.74, 6) is -14.1. The lowest BCUT2D eigenvalue weighted by Gasteiger charge is -2.31. The highest BCUT2D eigenvalue weighted by Crippen LogP contribution is 2.24. The van der Waals surface area contributed by atoms with Gasteiger partial charge in [-0.15, -0.1) is 0 Å². The number of benzene rings is 2. The molecule has 39 nitrogen and oxygen atoms in total. The summed E-state index contributed by atoms with van der Waals surface area (Å²) in [7, 11) is 0. The SMILES string of the molecule is CCCCCCCCCCCCCCCC(=O)NCC(=O)N[C@H](C(=O)N[C@H](CCC(N)=O)C(=O)N[C@@H](Cc1cnc[nH]1)C(=O)N[C@H](C(=O)N[C@@H](CCCC)C(=O)N[C@H]1CCC(=O)NCCCC[C@@H](C(N)=O)NC(=O)[C@H](Cc2c[nH]c3ccccc23)NC(=O)[C@H](CCCN=C(N)N)NC(=O)[C@@H](Cc2ccccc2)NC(=O)[C@@H]2C[C@@H](O)CN2C1=O)[C@@H](C)O)[C@@H](C)O. The Labute approximate surface area is 722 Å². The summed E-state index contributed by atoms with van der Waals surface area (Å²) >= 11 is 0. The molecule has 2 fully saturated rings. The standard InChI is InChI=1S/C85H131N21O18/c1-5-7-9-10-11-12-13-14-15-16-17-18-22-35-69(111)94-48-71(113)104-72(51(3)107)82(122)99-62(36-38-68(86)110)77(117)102-66(44-55-47-90-50-95-55)80(120)105-73(52(4)108)83(123)98-60(31-8-6-2)75(115)100-63-37-39-70(112)91-40-26-25-33-59(74(87)114)96-79(119)65(43-54-46-93-58-32-24-23-30-57(54)58)101-76(116)61(34-27-41-92-85(88)89)97-78(118)64(42-53-28-20-19-21-29-53)103-81(121)67-45-56(109)49-106(67)84(63)124/h19-21,23-24,28-30,32,46-47,50-52,56,59-67,72-73,93,107-109H,5-18,22,25-27,31,33-45,48-49H2,1-4H3,(H2,86,110)(H2,87,114)(H,90,95)(H,91,112)(H,94,111)(H,96,119)(H,97,118)(H,98,123)(H,99,122)(H,100,115)(H,101,116)(H,102,117)(H,103,121)(H,104,113)(H,105,120)(H4,88,89,92)/t51-,52-,56-,59+,60+,61+,62-,63+,64-,65+,66+,67+,72+,73+/m1/s1. The fourth-order valence-corrected chi connectivity index (χ4v) is 14.7. The molecule has 6 rings (SSSR count). The lowest BCUT2D eigenvalue weighted by Crippen LogP contribution is -2.62. The molecule has 39 heteroatoms. The molecule has 15 amide bonds. The second-order valence-corrected chi connectivity index (χ2v) is 32.1. The fraction of sp³-hybridized carbons (Fsp3) is 0.612. The van der Waals surface area contributed by atoms with Gasteiger partial charge < -0.3 is 117 Å². The third-order valence-corrected chi connectivity index (χ3v) is 21.8. The van der Waals surface area contributed by atoms with Crippen LogP contribution in [0.1, 0.15) is 218 Å². The van der Waals surface area contributed by atoms with E-state index in [1.54, 1.807) is 55.6 Å². The zero-order valence-electron chi connectivity index (χ0n) is 71.7. The molecule has 0 radical (unpaired) electrons. The maximum absolute atomic E-state index is 15.4. The number of primary amides is 2. The second kappa shape index (κ2) is 54.1. The molecule has 0 bridgehead atoms. The van der Waals surface area contributed by atoms with Crippen LogP contribution in [0.5, 0.6) is 0 Å². The average Bonchev–Trinajstić information content (AvgIpc) is 1.65. The number of amides is 15. The first-order valence-electron chi connectivity index (χ1n) is 43.5. The summed E-state index contributed by atoms with van der Waals surface area (Å²) in [6.45, 7) is 5.19. The van der Waals surface area contributed by atoms with Crippen LogP contribution in [0.25, 0.3) is 10.9 Å². The van der Waals surface area contributed by atoms with E-state index < -0.39 is 225 Å². The van der Waals surface area contributed by atoms with Gasteiger partial charge in [-0.3, -0.25) is 76.9 Å². The van der Waals surface area contributed by atoms with Gasteiger partial charge in [0.1, 0.15) is 66.5 Å². The van der Waals surface area contributed by atoms with Crippen molar-refractivity contribution in [2.45, 2.75) is 305 Å². The zero-order valence-corrected chi connectivity index (χ0v) is 71.7. The van der Waals surface area contributed by atoms with Crippen molar-refractivity contribution < 1.29 is 87.2 Å². The van der Waals surface area contributed by atoms with Gasteiger partial charge in [0.05, 0.1) is 31.2 Å². The lowest BCUT2D eigenvalue weighted by molar-refractivity contribution is -0.143. The molecule has 124 heavy (non-hydrogen) atoms. The molecule has 2 aliphatic rings. The van der Waals surface area contributed by atoms with Crippen molar-refractivity contribution in [3.05, 3.63) is 90.1 Å². The minimum Gasteiger partial charge on any atom is -0.391 e. The number of aromatic nitrogens is 3. The van der Waals surface area contributed by atoms with E-state index >= 15 is 14.4 Å². The second-order valence-electron chi connectivity index (χ2n) is 32.1. The van der Waals surface area contributed by atoms with Gasteiger partial charge in [0.2, 0.25) is 88.6 Å². The zero-order chi connectivity index (χ0) is 90.6. The Bertz CT molecular complexity index is 4160. The van der Waals surface area contributed by atoms with Crippen LogP contribution in [0, 0.1) is 0 Å². The highest BCUT2D eigenvalue weighted by molar-refractivity contribution is 6.01. The number of nitrogens with one attached hydrogen (secondary N) is 14. The quantitative estimate of drug-likeness (QED) is 0.0146. The predicted molar refractivity (Wildman–Crippen MR) is 460 cm³/mol. The molecule has 684 valence electrons. The van der Waals surface area contributed by atoms with Crippen LogP contribution < -0.4 is 86.7 Å². The minimum absolute atomic E-state index is 0.00932. The van der Waals surface area contributed by atoms with Crippen molar-refractivity contribution in [3.63, 3.8) is 0 Å². The van der Waals surface area contributed by atoms with E-state index in [0.29, 0.717) is 24.0 Å². The van der Waals surface area contributed by atoms with E-state index in [1.165, 1.54) is 70.8 Å². The summed E-state index contributed by atoms with van der Waals surface area (Å²) in [5.41, 5.74) is 24.7. The Morgan fingerprint density at radius 1 is 0.589 bits per heavy atom. The van der Waals surface area contributed by atoms with E-state index in [2.05, 4.69) is 90.7 Å². The Morgan fingerprint density at radius 2 is 1.17 bits per heavy atom. The number of carbonyl (C=O) groups excluding carboxylic acids is 15. The lowest BCUT2D eigenvalue weighted by atomic mass is 10.0. The molecule has 2 aliphatic heterocycles. The number of rotatable bonds is 46. The van der Waals surface area contributed by atoms with Crippen molar-refractivity contribution in [3.8, 4) is 0 Å². The normalized spacial score (nSPS) is 20.0. The number of guanidine groups is 1. The third kappa shape index (κ3) is 35.7. The van der Waals surface area contributed by atoms with Gasteiger partial charge in [-0.05, 0) is 88.8 Å². The Hall–Kier alpha value is -11.6. The number of aliphatic imine (C=N–C) groups is 1. The van der Waals surface area contributed by atoms with Gasteiger partial charge in [0.15, 0.2) is 5.96 Å². The molecule has 0 unspecified atom stereocenters. The number of hydrogen-bond acceptors (Lipinski definition) is 20. The smallest absolute Gasteiger partial charge is 0.245 e.